The maximum absolute atomic E-state index is 13.5. The van der Waals surface area contributed by atoms with E-state index >= 15 is 0 Å². The lowest BCUT2D eigenvalue weighted by molar-refractivity contribution is 0.0938. The van der Waals surface area contributed by atoms with Crippen molar-refractivity contribution >= 4 is 5.91 Å². The second kappa shape index (κ2) is 5.04. The van der Waals surface area contributed by atoms with Gasteiger partial charge in [-0.2, -0.15) is 0 Å². The number of aryl methyl sites for hydroxylation is 1. The number of rotatable bonds is 3. The molecule has 0 aliphatic carbocycles. The highest BCUT2D eigenvalue weighted by Gasteiger charge is 2.16. The molecule has 1 atom stereocenters. The third kappa shape index (κ3) is 2.42. The number of hydrogen-bond donors (Lipinski definition) is 1. The summed E-state index contributed by atoms with van der Waals surface area (Å²) >= 11 is 0. The van der Waals surface area contributed by atoms with E-state index in [-0.39, 0.29) is 11.7 Å². The molecule has 18 heavy (non-hydrogen) atoms. The monoisotopic (exact) mass is 247 g/mol. The summed E-state index contributed by atoms with van der Waals surface area (Å²) in [6.45, 7) is 3.45. The highest BCUT2D eigenvalue weighted by atomic mass is 19.1. The van der Waals surface area contributed by atoms with Crippen molar-refractivity contribution in [1.29, 1.82) is 0 Å². The van der Waals surface area contributed by atoms with Crippen molar-refractivity contribution < 1.29 is 13.6 Å². The molecule has 1 amide bonds. The van der Waals surface area contributed by atoms with Crippen LogP contribution in [-0.2, 0) is 0 Å². The van der Waals surface area contributed by atoms with Crippen LogP contribution in [0.3, 0.4) is 0 Å². The topological polar surface area (TPSA) is 42.2 Å². The number of nitrogens with one attached hydrogen (secondary N) is 1. The van der Waals surface area contributed by atoms with Crippen molar-refractivity contribution in [3.8, 4) is 0 Å². The Bertz CT molecular complexity index is 562. The van der Waals surface area contributed by atoms with Crippen LogP contribution in [-0.4, -0.2) is 5.91 Å². The summed E-state index contributed by atoms with van der Waals surface area (Å²) in [5, 5.41) is 2.74. The molecule has 1 aromatic carbocycles. The van der Waals surface area contributed by atoms with E-state index in [1.54, 1.807) is 38.1 Å². The van der Waals surface area contributed by atoms with Gasteiger partial charge in [0.05, 0.1) is 17.9 Å². The van der Waals surface area contributed by atoms with Crippen molar-refractivity contribution in [3.63, 3.8) is 0 Å². The number of carbonyl (C=O) groups excluding carboxylic acids is 1. The molecule has 0 fully saturated rings. The van der Waals surface area contributed by atoms with Gasteiger partial charge in [-0.3, -0.25) is 4.79 Å². The normalized spacial score (nSPS) is 12.2. The number of benzene rings is 1. The molecule has 0 aliphatic heterocycles. The van der Waals surface area contributed by atoms with E-state index in [2.05, 4.69) is 5.32 Å². The van der Waals surface area contributed by atoms with Crippen molar-refractivity contribution in [2.45, 2.75) is 19.9 Å². The smallest absolute Gasteiger partial charge is 0.255 e. The molecule has 3 nitrogen and oxygen atoms in total. The predicted molar refractivity (Wildman–Crippen MR) is 65.7 cm³/mol. The van der Waals surface area contributed by atoms with E-state index in [0.717, 1.165) is 0 Å². The minimum atomic E-state index is -0.395. The predicted octanol–water partition coefficient (Wildman–Crippen LogP) is 3.22. The zero-order valence-corrected chi connectivity index (χ0v) is 10.2. The summed E-state index contributed by atoms with van der Waals surface area (Å²) in [5.41, 5.74) is 0.935. The van der Waals surface area contributed by atoms with E-state index in [1.807, 2.05) is 0 Å². The Morgan fingerprint density at radius 1 is 1.33 bits per heavy atom. The summed E-state index contributed by atoms with van der Waals surface area (Å²) in [5.74, 6) is -0.0422. The molecule has 0 spiro atoms. The quantitative estimate of drug-likeness (QED) is 0.904. The molecular weight excluding hydrogens is 233 g/mol. The highest BCUT2D eigenvalue weighted by molar-refractivity contribution is 5.95. The molecule has 4 heteroatoms. The van der Waals surface area contributed by atoms with Crippen molar-refractivity contribution in [3.05, 3.63) is 59.3 Å². The summed E-state index contributed by atoms with van der Waals surface area (Å²) < 4.78 is 18.6. The molecule has 1 unspecified atom stereocenters. The molecule has 0 saturated heterocycles. The van der Waals surface area contributed by atoms with Crippen LogP contribution in [0.4, 0.5) is 4.39 Å². The Kier molecular flexibility index (Phi) is 3.46. The van der Waals surface area contributed by atoms with Crippen molar-refractivity contribution in [2.75, 3.05) is 0 Å². The molecule has 0 saturated carbocycles. The van der Waals surface area contributed by atoms with E-state index in [1.165, 1.54) is 12.3 Å². The van der Waals surface area contributed by atoms with Gasteiger partial charge >= 0.3 is 0 Å². The van der Waals surface area contributed by atoms with Gasteiger partial charge in [-0.15, -0.1) is 0 Å². The fourth-order valence-corrected chi connectivity index (χ4v) is 1.80. The molecule has 0 radical (unpaired) electrons. The Balaban J connectivity index is 2.13. The van der Waals surface area contributed by atoms with E-state index in [9.17, 15) is 9.18 Å². The molecule has 1 heterocycles. The molecule has 2 aromatic rings. The van der Waals surface area contributed by atoms with Gasteiger partial charge in [-0.05, 0) is 26.0 Å². The van der Waals surface area contributed by atoms with Gasteiger partial charge in [0.15, 0.2) is 0 Å². The Hall–Kier alpha value is -2.10. The SMILES string of the molecule is Cc1occc1C(=O)NC(C)c1ccccc1F. The molecular formula is C14H14FNO2. The lowest BCUT2D eigenvalue weighted by atomic mass is 10.1. The second-order valence-corrected chi connectivity index (χ2v) is 4.11. The Morgan fingerprint density at radius 3 is 2.67 bits per heavy atom. The average Bonchev–Trinajstić information content (AvgIpc) is 2.76. The minimum Gasteiger partial charge on any atom is -0.469 e. The first kappa shape index (κ1) is 12.4. The summed E-state index contributed by atoms with van der Waals surface area (Å²) in [6, 6.07) is 7.59. The molecule has 94 valence electrons. The first-order valence-electron chi connectivity index (χ1n) is 5.69. The standard InChI is InChI=1S/C14H14FNO2/c1-9(11-5-3-4-6-13(11)15)16-14(17)12-7-8-18-10(12)2/h3-9H,1-2H3,(H,16,17). The summed E-state index contributed by atoms with van der Waals surface area (Å²) in [4.78, 5) is 11.9. The largest absolute Gasteiger partial charge is 0.469 e. The van der Waals surface area contributed by atoms with Gasteiger partial charge < -0.3 is 9.73 Å². The number of carbonyl (C=O) groups is 1. The number of hydrogen-bond acceptors (Lipinski definition) is 2. The van der Waals surface area contributed by atoms with Crippen LogP contribution in [0.2, 0.25) is 0 Å². The molecule has 2 rings (SSSR count). The number of amides is 1. The number of halogens is 1. The summed E-state index contributed by atoms with van der Waals surface area (Å²) in [6.07, 6.45) is 1.46. The lowest BCUT2D eigenvalue weighted by Crippen LogP contribution is -2.27. The molecule has 1 aromatic heterocycles. The van der Waals surface area contributed by atoms with Crippen LogP contribution < -0.4 is 5.32 Å². The minimum absolute atomic E-state index is 0.267. The maximum atomic E-state index is 13.5. The Morgan fingerprint density at radius 2 is 2.06 bits per heavy atom. The molecule has 0 aliphatic rings. The van der Waals surface area contributed by atoms with E-state index in [0.29, 0.717) is 16.9 Å². The fraction of sp³-hybridized carbons (Fsp3) is 0.214. The summed E-state index contributed by atoms with van der Waals surface area (Å²) in [7, 11) is 0. The zero-order chi connectivity index (χ0) is 13.1. The van der Waals surface area contributed by atoms with Crippen LogP contribution in [0, 0.1) is 12.7 Å². The second-order valence-electron chi connectivity index (χ2n) is 4.11. The molecule has 1 N–H and O–H groups in total. The third-order valence-corrected chi connectivity index (χ3v) is 2.82. The van der Waals surface area contributed by atoms with Gasteiger partial charge in [0.2, 0.25) is 0 Å². The third-order valence-electron chi connectivity index (χ3n) is 2.82. The Labute approximate surface area is 105 Å². The lowest BCUT2D eigenvalue weighted by Gasteiger charge is -2.14. The van der Waals surface area contributed by atoms with Crippen LogP contribution in [0.25, 0.3) is 0 Å². The van der Waals surface area contributed by atoms with Crippen LogP contribution in [0.15, 0.2) is 41.0 Å². The van der Waals surface area contributed by atoms with Crippen LogP contribution in [0.1, 0.15) is 34.6 Å². The highest BCUT2D eigenvalue weighted by Crippen LogP contribution is 2.17. The van der Waals surface area contributed by atoms with Gasteiger partial charge in [0.25, 0.3) is 5.91 Å². The maximum Gasteiger partial charge on any atom is 0.255 e. The molecule has 0 bridgehead atoms. The average molecular weight is 247 g/mol. The van der Waals surface area contributed by atoms with Crippen LogP contribution in [0.5, 0.6) is 0 Å². The van der Waals surface area contributed by atoms with Gasteiger partial charge in [0, 0.05) is 5.56 Å². The zero-order valence-electron chi connectivity index (χ0n) is 10.2. The number of furan rings is 1. The first-order valence-corrected chi connectivity index (χ1v) is 5.69. The van der Waals surface area contributed by atoms with Crippen molar-refractivity contribution in [2.24, 2.45) is 0 Å². The van der Waals surface area contributed by atoms with Crippen LogP contribution >= 0.6 is 0 Å². The van der Waals surface area contributed by atoms with Gasteiger partial charge in [-0.25, -0.2) is 4.39 Å². The van der Waals surface area contributed by atoms with Crippen molar-refractivity contribution in [1.82, 2.24) is 5.32 Å². The van der Waals surface area contributed by atoms with E-state index < -0.39 is 6.04 Å². The van der Waals surface area contributed by atoms with E-state index in [4.69, 9.17) is 4.42 Å². The van der Waals surface area contributed by atoms with Gasteiger partial charge in [-0.1, -0.05) is 18.2 Å². The van der Waals surface area contributed by atoms with Gasteiger partial charge in [0.1, 0.15) is 11.6 Å². The first-order chi connectivity index (χ1) is 8.59. The fourth-order valence-electron chi connectivity index (χ4n) is 1.80.